The first kappa shape index (κ1) is 11.8. The summed E-state index contributed by atoms with van der Waals surface area (Å²) in [5.41, 5.74) is 7.78. The molecule has 2 N–H and O–H groups in total. The highest BCUT2D eigenvalue weighted by Gasteiger charge is 2.23. The van der Waals surface area contributed by atoms with Gasteiger partial charge in [-0.1, -0.05) is 11.6 Å². The Labute approximate surface area is 111 Å². The van der Waals surface area contributed by atoms with E-state index in [0.29, 0.717) is 11.8 Å². The highest BCUT2D eigenvalue weighted by molar-refractivity contribution is 6.30. The summed E-state index contributed by atoms with van der Waals surface area (Å²) >= 11 is 5.87. The number of rotatable bonds is 2. The maximum atomic E-state index is 5.87. The number of benzene rings is 1. The van der Waals surface area contributed by atoms with Crippen LogP contribution in [0.15, 0.2) is 28.7 Å². The van der Waals surface area contributed by atoms with Crippen molar-refractivity contribution in [2.45, 2.75) is 19.3 Å². The van der Waals surface area contributed by atoms with Crippen molar-refractivity contribution in [1.29, 1.82) is 0 Å². The number of oxazole rings is 1. The number of halogens is 1. The van der Waals surface area contributed by atoms with E-state index in [0.717, 1.165) is 47.8 Å². The van der Waals surface area contributed by atoms with Crippen LogP contribution in [0.25, 0.3) is 11.5 Å². The summed E-state index contributed by atoms with van der Waals surface area (Å²) in [5, 5.41) is 0.721. The van der Waals surface area contributed by atoms with Crippen LogP contribution in [-0.4, -0.2) is 11.5 Å². The van der Waals surface area contributed by atoms with E-state index in [1.807, 2.05) is 24.3 Å². The monoisotopic (exact) mass is 262 g/mol. The third-order valence-corrected chi connectivity index (χ3v) is 3.72. The second-order valence-corrected chi connectivity index (χ2v) is 5.18. The number of nitrogens with zero attached hydrogens (tertiary/aromatic N) is 1. The molecule has 1 aromatic carbocycles. The average Bonchev–Trinajstić information content (AvgIpc) is 2.82. The minimum Gasteiger partial charge on any atom is -0.441 e. The molecule has 0 aliphatic heterocycles. The lowest BCUT2D eigenvalue weighted by atomic mass is 9.91. The molecule has 2 aromatic rings. The molecule has 0 fully saturated rings. The molecule has 1 aromatic heterocycles. The van der Waals surface area contributed by atoms with Gasteiger partial charge in [-0.3, -0.25) is 0 Å². The van der Waals surface area contributed by atoms with Crippen molar-refractivity contribution in [1.82, 2.24) is 4.98 Å². The van der Waals surface area contributed by atoms with Crippen LogP contribution >= 0.6 is 11.6 Å². The number of nitrogens with two attached hydrogens (primary N) is 1. The topological polar surface area (TPSA) is 52.0 Å². The lowest BCUT2D eigenvalue weighted by Crippen LogP contribution is -2.21. The highest BCUT2D eigenvalue weighted by atomic mass is 35.5. The molecule has 0 saturated heterocycles. The van der Waals surface area contributed by atoms with E-state index in [9.17, 15) is 0 Å². The predicted octanol–water partition coefficient (Wildman–Crippen LogP) is 3.06. The fourth-order valence-corrected chi connectivity index (χ4v) is 2.49. The summed E-state index contributed by atoms with van der Waals surface area (Å²) < 4.78 is 5.85. The normalized spacial score (nSPS) is 18.7. The van der Waals surface area contributed by atoms with Crippen LogP contribution in [0.4, 0.5) is 0 Å². The van der Waals surface area contributed by atoms with Crippen molar-refractivity contribution in [3.63, 3.8) is 0 Å². The zero-order chi connectivity index (χ0) is 12.5. The average molecular weight is 263 g/mol. The molecule has 1 unspecified atom stereocenters. The molecule has 0 radical (unpaired) electrons. The van der Waals surface area contributed by atoms with Crippen LogP contribution in [0, 0.1) is 5.92 Å². The van der Waals surface area contributed by atoms with E-state index in [2.05, 4.69) is 4.98 Å². The second kappa shape index (κ2) is 4.75. The Morgan fingerprint density at radius 1 is 1.33 bits per heavy atom. The molecule has 1 heterocycles. The zero-order valence-electron chi connectivity index (χ0n) is 10.0. The first-order valence-electron chi connectivity index (χ1n) is 6.21. The third kappa shape index (κ3) is 2.16. The van der Waals surface area contributed by atoms with Crippen LogP contribution in [0.2, 0.25) is 5.02 Å². The summed E-state index contributed by atoms with van der Waals surface area (Å²) in [6, 6.07) is 7.56. The van der Waals surface area contributed by atoms with Gasteiger partial charge in [-0.05, 0) is 49.6 Å². The standard InChI is InChI=1S/C14H15ClN2O/c15-11-4-2-10(3-5-11)14-17-12-6-1-9(8-16)7-13(12)18-14/h2-5,9H,1,6-8,16H2. The zero-order valence-corrected chi connectivity index (χ0v) is 10.8. The van der Waals surface area contributed by atoms with E-state index in [4.69, 9.17) is 21.8 Å². The number of hydrogen-bond acceptors (Lipinski definition) is 3. The van der Waals surface area contributed by atoms with Gasteiger partial charge in [0.05, 0.1) is 5.69 Å². The van der Waals surface area contributed by atoms with Gasteiger partial charge in [0.1, 0.15) is 5.76 Å². The molecule has 0 bridgehead atoms. The smallest absolute Gasteiger partial charge is 0.226 e. The maximum Gasteiger partial charge on any atom is 0.226 e. The van der Waals surface area contributed by atoms with Crippen molar-refractivity contribution in [3.8, 4) is 11.5 Å². The van der Waals surface area contributed by atoms with Crippen LogP contribution in [0.5, 0.6) is 0 Å². The number of hydrogen-bond donors (Lipinski definition) is 1. The molecule has 4 heteroatoms. The number of aromatic nitrogens is 1. The van der Waals surface area contributed by atoms with Gasteiger partial charge in [-0.25, -0.2) is 4.98 Å². The SMILES string of the molecule is NCC1CCc2nc(-c3ccc(Cl)cc3)oc2C1. The van der Waals surface area contributed by atoms with Gasteiger partial charge in [0.25, 0.3) is 0 Å². The van der Waals surface area contributed by atoms with Gasteiger partial charge in [-0.2, -0.15) is 0 Å². The van der Waals surface area contributed by atoms with Gasteiger partial charge in [-0.15, -0.1) is 0 Å². The van der Waals surface area contributed by atoms with Crippen LogP contribution in [0.1, 0.15) is 17.9 Å². The molecule has 94 valence electrons. The molecular formula is C14H15ClN2O. The van der Waals surface area contributed by atoms with Crippen molar-refractivity contribution >= 4 is 11.6 Å². The fraction of sp³-hybridized carbons (Fsp3) is 0.357. The van der Waals surface area contributed by atoms with E-state index >= 15 is 0 Å². The number of fused-ring (bicyclic) bond motifs is 1. The summed E-state index contributed by atoms with van der Waals surface area (Å²) in [7, 11) is 0. The first-order valence-corrected chi connectivity index (χ1v) is 6.58. The van der Waals surface area contributed by atoms with E-state index in [1.165, 1.54) is 0 Å². The summed E-state index contributed by atoms with van der Waals surface area (Å²) in [5.74, 6) is 2.22. The molecular weight excluding hydrogens is 248 g/mol. The van der Waals surface area contributed by atoms with Crippen LogP contribution in [0.3, 0.4) is 0 Å². The summed E-state index contributed by atoms with van der Waals surface area (Å²) in [6.07, 6.45) is 2.98. The Bertz CT molecular complexity index is 547. The molecule has 18 heavy (non-hydrogen) atoms. The highest BCUT2D eigenvalue weighted by Crippen LogP contribution is 2.30. The van der Waals surface area contributed by atoms with Crippen LogP contribution < -0.4 is 5.73 Å². The van der Waals surface area contributed by atoms with Gasteiger partial charge >= 0.3 is 0 Å². The lowest BCUT2D eigenvalue weighted by Gasteiger charge is -2.17. The van der Waals surface area contributed by atoms with Crippen molar-refractivity contribution in [2.24, 2.45) is 11.7 Å². The van der Waals surface area contributed by atoms with Crippen molar-refractivity contribution in [3.05, 3.63) is 40.7 Å². The predicted molar refractivity (Wildman–Crippen MR) is 71.5 cm³/mol. The minimum atomic E-state index is 0.531. The Hall–Kier alpha value is -1.32. The van der Waals surface area contributed by atoms with Crippen LogP contribution in [-0.2, 0) is 12.8 Å². The fourth-order valence-electron chi connectivity index (χ4n) is 2.36. The lowest BCUT2D eigenvalue weighted by molar-refractivity contribution is 0.401. The van der Waals surface area contributed by atoms with E-state index in [-0.39, 0.29) is 0 Å². The quantitative estimate of drug-likeness (QED) is 0.905. The van der Waals surface area contributed by atoms with E-state index in [1.54, 1.807) is 0 Å². The second-order valence-electron chi connectivity index (χ2n) is 4.74. The van der Waals surface area contributed by atoms with E-state index < -0.39 is 0 Å². The molecule has 0 amide bonds. The Balaban J connectivity index is 1.91. The molecule has 0 spiro atoms. The Morgan fingerprint density at radius 2 is 2.11 bits per heavy atom. The van der Waals surface area contributed by atoms with Gasteiger partial charge < -0.3 is 10.2 Å². The Kier molecular flexibility index (Phi) is 3.10. The minimum absolute atomic E-state index is 0.531. The summed E-state index contributed by atoms with van der Waals surface area (Å²) in [6.45, 7) is 0.719. The number of aryl methyl sites for hydroxylation is 1. The van der Waals surface area contributed by atoms with Gasteiger partial charge in [0.15, 0.2) is 0 Å². The molecule has 1 aliphatic carbocycles. The van der Waals surface area contributed by atoms with Crippen molar-refractivity contribution in [2.75, 3.05) is 6.54 Å². The molecule has 1 aliphatic rings. The van der Waals surface area contributed by atoms with Crippen molar-refractivity contribution < 1.29 is 4.42 Å². The van der Waals surface area contributed by atoms with Gasteiger partial charge in [0, 0.05) is 17.0 Å². The molecule has 3 nitrogen and oxygen atoms in total. The third-order valence-electron chi connectivity index (χ3n) is 3.47. The Morgan fingerprint density at radius 3 is 2.83 bits per heavy atom. The molecule has 3 rings (SSSR count). The first-order chi connectivity index (χ1) is 8.76. The molecule has 0 saturated carbocycles. The maximum absolute atomic E-state index is 5.87. The summed E-state index contributed by atoms with van der Waals surface area (Å²) in [4.78, 5) is 4.57. The largest absolute Gasteiger partial charge is 0.441 e. The molecule has 1 atom stereocenters. The van der Waals surface area contributed by atoms with Gasteiger partial charge in [0.2, 0.25) is 5.89 Å².